The minimum Gasteiger partial charge on any atom is -0.379 e. The fraction of sp³-hybridized carbons (Fsp3) is 1.00. The van der Waals surface area contributed by atoms with Gasteiger partial charge in [-0.15, -0.1) is 0 Å². The smallest absolute Gasteiger partial charge is 0.276 e. The van der Waals surface area contributed by atoms with Gasteiger partial charge in [0.1, 0.15) is 0 Å². The van der Waals surface area contributed by atoms with E-state index in [9.17, 15) is 8.42 Å². The van der Waals surface area contributed by atoms with Crippen LogP contribution in [0.5, 0.6) is 0 Å². The Balaban J connectivity index is 3.32. The van der Waals surface area contributed by atoms with Crippen LogP contribution in [0.25, 0.3) is 0 Å². The second-order valence-electron chi connectivity index (χ2n) is 2.00. The zero-order valence-corrected chi connectivity index (χ0v) is 7.86. The topological polar surface area (TPSA) is 93.5 Å². The highest BCUT2D eigenvalue weighted by atomic mass is 32.2. The van der Waals surface area contributed by atoms with Gasteiger partial charge in [0.15, 0.2) is 0 Å². The Morgan fingerprint density at radius 2 is 2.08 bits per heavy atom. The SMILES string of the molecule is CNS(=O)(=O)NCCOCCN. The van der Waals surface area contributed by atoms with Crippen LogP contribution in [0.1, 0.15) is 0 Å². The fourth-order valence-electron chi connectivity index (χ4n) is 0.506. The average Bonchev–Trinajstić information content (AvgIpc) is 2.04. The van der Waals surface area contributed by atoms with Gasteiger partial charge in [0, 0.05) is 20.1 Å². The van der Waals surface area contributed by atoms with E-state index >= 15 is 0 Å². The molecule has 0 atom stereocenters. The van der Waals surface area contributed by atoms with Gasteiger partial charge in [0.25, 0.3) is 10.2 Å². The Kier molecular flexibility index (Phi) is 6.21. The van der Waals surface area contributed by atoms with Crippen LogP contribution < -0.4 is 15.2 Å². The summed E-state index contributed by atoms with van der Waals surface area (Å²) in [5, 5.41) is 0. The zero-order chi connectivity index (χ0) is 9.45. The Labute approximate surface area is 72.6 Å². The second-order valence-corrected chi connectivity index (χ2v) is 3.71. The lowest BCUT2D eigenvalue weighted by Crippen LogP contribution is -2.36. The van der Waals surface area contributed by atoms with Crippen LogP contribution in [0, 0.1) is 0 Å². The van der Waals surface area contributed by atoms with Gasteiger partial charge in [-0.3, -0.25) is 0 Å². The fourth-order valence-corrected chi connectivity index (χ4v) is 1.00. The minimum absolute atomic E-state index is 0.253. The highest BCUT2D eigenvalue weighted by Gasteiger charge is 2.02. The summed E-state index contributed by atoms with van der Waals surface area (Å²) in [5.41, 5.74) is 5.15. The molecule has 0 unspecified atom stereocenters. The van der Waals surface area contributed by atoms with Crippen molar-refractivity contribution in [2.24, 2.45) is 5.73 Å². The summed E-state index contributed by atoms with van der Waals surface area (Å²) < 4.78 is 30.8. The van der Waals surface area contributed by atoms with Gasteiger partial charge in [-0.2, -0.15) is 8.42 Å². The number of hydrogen-bond donors (Lipinski definition) is 3. The number of nitrogens with two attached hydrogens (primary N) is 1. The molecule has 0 spiro atoms. The van der Waals surface area contributed by atoms with Crippen LogP contribution in [0.4, 0.5) is 0 Å². The molecule has 0 aliphatic rings. The van der Waals surface area contributed by atoms with Gasteiger partial charge >= 0.3 is 0 Å². The molecule has 0 heterocycles. The molecule has 0 bridgehead atoms. The molecule has 0 aromatic rings. The molecule has 7 heteroatoms. The van der Waals surface area contributed by atoms with Crippen molar-refractivity contribution in [3.05, 3.63) is 0 Å². The van der Waals surface area contributed by atoms with E-state index in [2.05, 4.69) is 9.44 Å². The van der Waals surface area contributed by atoms with Gasteiger partial charge in [-0.25, -0.2) is 9.44 Å². The van der Waals surface area contributed by atoms with Crippen molar-refractivity contribution < 1.29 is 13.2 Å². The number of hydrogen-bond acceptors (Lipinski definition) is 4. The molecule has 0 aromatic carbocycles. The summed E-state index contributed by atoms with van der Waals surface area (Å²) in [5.74, 6) is 0. The molecule has 0 radical (unpaired) electrons. The maximum atomic E-state index is 10.7. The normalized spacial score (nSPS) is 11.8. The third-order valence-corrected chi connectivity index (χ3v) is 2.19. The molecule has 0 saturated carbocycles. The van der Waals surface area contributed by atoms with Gasteiger partial charge < -0.3 is 10.5 Å². The molecule has 0 saturated heterocycles. The standard InChI is InChI=1S/C5H15N3O3S/c1-7-12(9,10)8-3-5-11-4-2-6/h7-8H,2-6H2,1H3. The van der Waals surface area contributed by atoms with E-state index in [-0.39, 0.29) is 6.54 Å². The molecule has 0 aromatic heterocycles. The highest BCUT2D eigenvalue weighted by Crippen LogP contribution is 1.74. The molecule has 12 heavy (non-hydrogen) atoms. The number of nitrogens with one attached hydrogen (secondary N) is 2. The third kappa shape index (κ3) is 6.50. The Morgan fingerprint density at radius 3 is 2.58 bits per heavy atom. The third-order valence-electron chi connectivity index (χ3n) is 1.07. The van der Waals surface area contributed by atoms with Crippen LogP contribution in [0.3, 0.4) is 0 Å². The Bertz CT molecular complexity index is 192. The van der Waals surface area contributed by atoms with Crippen molar-refractivity contribution in [2.45, 2.75) is 0 Å². The minimum atomic E-state index is -3.32. The predicted octanol–water partition coefficient (Wildman–Crippen LogP) is -1.98. The average molecular weight is 197 g/mol. The highest BCUT2D eigenvalue weighted by molar-refractivity contribution is 7.87. The molecule has 6 nitrogen and oxygen atoms in total. The summed E-state index contributed by atoms with van der Waals surface area (Å²) in [6.45, 7) is 1.47. The van der Waals surface area contributed by atoms with Crippen LogP contribution in [0.2, 0.25) is 0 Å². The van der Waals surface area contributed by atoms with Crippen LogP contribution in [0.15, 0.2) is 0 Å². The lowest BCUT2D eigenvalue weighted by molar-refractivity contribution is 0.147. The summed E-state index contributed by atoms with van der Waals surface area (Å²) in [6, 6.07) is 0. The van der Waals surface area contributed by atoms with E-state index in [1.54, 1.807) is 0 Å². The maximum Gasteiger partial charge on any atom is 0.276 e. The maximum absolute atomic E-state index is 10.7. The van der Waals surface area contributed by atoms with Crippen LogP contribution in [-0.2, 0) is 14.9 Å². The predicted molar refractivity (Wildman–Crippen MR) is 45.9 cm³/mol. The van der Waals surface area contributed by atoms with Crippen molar-refractivity contribution in [3.63, 3.8) is 0 Å². The van der Waals surface area contributed by atoms with E-state index < -0.39 is 10.2 Å². The molecular formula is C5H15N3O3S. The van der Waals surface area contributed by atoms with Crippen molar-refractivity contribution in [1.82, 2.24) is 9.44 Å². The lowest BCUT2D eigenvalue weighted by Gasteiger charge is -2.04. The van der Waals surface area contributed by atoms with E-state index in [1.807, 2.05) is 0 Å². The zero-order valence-electron chi connectivity index (χ0n) is 7.04. The summed E-state index contributed by atoms with van der Waals surface area (Å²) in [6.07, 6.45) is 0. The van der Waals surface area contributed by atoms with Gasteiger partial charge in [-0.05, 0) is 0 Å². The summed E-state index contributed by atoms with van der Waals surface area (Å²) in [4.78, 5) is 0. The monoisotopic (exact) mass is 197 g/mol. The van der Waals surface area contributed by atoms with Crippen molar-refractivity contribution in [3.8, 4) is 0 Å². The first kappa shape index (κ1) is 11.8. The van der Waals surface area contributed by atoms with E-state index in [1.165, 1.54) is 7.05 Å². The first-order chi connectivity index (χ1) is 5.62. The number of rotatable bonds is 7. The van der Waals surface area contributed by atoms with Gasteiger partial charge in [0.05, 0.1) is 13.2 Å². The van der Waals surface area contributed by atoms with Crippen molar-refractivity contribution >= 4 is 10.2 Å². The Hall–Kier alpha value is -0.210. The van der Waals surface area contributed by atoms with E-state index in [0.29, 0.717) is 19.8 Å². The first-order valence-corrected chi connectivity index (χ1v) is 5.06. The summed E-state index contributed by atoms with van der Waals surface area (Å²) >= 11 is 0. The Morgan fingerprint density at radius 1 is 1.42 bits per heavy atom. The molecular weight excluding hydrogens is 182 g/mol. The van der Waals surface area contributed by atoms with Crippen molar-refractivity contribution in [2.75, 3.05) is 33.4 Å². The van der Waals surface area contributed by atoms with Gasteiger partial charge in [-0.1, -0.05) is 0 Å². The first-order valence-electron chi connectivity index (χ1n) is 3.58. The van der Waals surface area contributed by atoms with Crippen molar-refractivity contribution in [1.29, 1.82) is 0 Å². The van der Waals surface area contributed by atoms with E-state index in [0.717, 1.165) is 0 Å². The summed E-state index contributed by atoms with van der Waals surface area (Å²) in [7, 11) is -1.98. The van der Waals surface area contributed by atoms with Crippen LogP contribution in [-0.4, -0.2) is 41.8 Å². The molecule has 0 fully saturated rings. The molecule has 0 aliphatic heterocycles. The number of ether oxygens (including phenoxy) is 1. The van der Waals surface area contributed by atoms with Gasteiger partial charge in [0.2, 0.25) is 0 Å². The molecule has 0 amide bonds. The molecule has 0 aliphatic carbocycles. The second kappa shape index (κ2) is 6.32. The van der Waals surface area contributed by atoms with E-state index in [4.69, 9.17) is 10.5 Å². The quantitative estimate of drug-likeness (QED) is 0.412. The molecule has 4 N–H and O–H groups in total. The van der Waals surface area contributed by atoms with Crippen LogP contribution >= 0.6 is 0 Å². The lowest BCUT2D eigenvalue weighted by atomic mass is 10.7. The largest absolute Gasteiger partial charge is 0.379 e. The molecule has 74 valence electrons. The molecule has 0 rings (SSSR count).